The number of rotatable bonds is 3. The number of cyclic esters (lactones) is 1. The number of amides is 3. The largest absolute Gasteiger partial charge is 0.439 e. The topological polar surface area (TPSA) is 66.9 Å². The molecule has 0 atom stereocenters. The van der Waals surface area contributed by atoms with Crippen LogP contribution in [0.5, 0.6) is 0 Å². The highest BCUT2D eigenvalue weighted by Crippen LogP contribution is 2.21. The van der Waals surface area contributed by atoms with Crippen LogP contribution in [-0.2, 0) is 20.7 Å². The van der Waals surface area contributed by atoms with E-state index in [1.54, 1.807) is 11.3 Å². The molecule has 3 rings (SSSR count). The molecule has 1 aromatic rings. The first-order valence-corrected chi connectivity index (χ1v) is 7.82. The number of carbonyl (C=O) groups is 3. The molecule has 3 amide bonds. The van der Waals surface area contributed by atoms with Crippen LogP contribution in [0.15, 0.2) is 17.5 Å². The fourth-order valence-electron chi connectivity index (χ4n) is 2.76. The molecule has 0 spiro atoms. The van der Waals surface area contributed by atoms with Gasteiger partial charge in [-0.15, -0.1) is 11.3 Å². The smallest absolute Gasteiger partial charge is 0.417 e. The van der Waals surface area contributed by atoms with Crippen molar-refractivity contribution < 1.29 is 19.1 Å². The van der Waals surface area contributed by atoms with Crippen LogP contribution in [0.4, 0.5) is 4.79 Å². The van der Waals surface area contributed by atoms with Crippen LogP contribution < -0.4 is 0 Å². The van der Waals surface area contributed by atoms with Crippen LogP contribution >= 0.6 is 11.3 Å². The summed E-state index contributed by atoms with van der Waals surface area (Å²) in [4.78, 5) is 39.4. The van der Waals surface area contributed by atoms with Gasteiger partial charge in [0.05, 0.1) is 6.42 Å². The molecule has 0 saturated carbocycles. The Hall–Kier alpha value is -1.89. The highest BCUT2D eigenvalue weighted by atomic mass is 32.1. The monoisotopic (exact) mass is 308 g/mol. The first-order valence-electron chi connectivity index (χ1n) is 6.94. The van der Waals surface area contributed by atoms with E-state index in [1.807, 2.05) is 22.4 Å². The van der Waals surface area contributed by atoms with Crippen molar-refractivity contribution in [3.8, 4) is 0 Å². The van der Waals surface area contributed by atoms with Crippen LogP contribution in [0.3, 0.4) is 0 Å². The van der Waals surface area contributed by atoms with Crippen LogP contribution in [0, 0.1) is 0 Å². The van der Waals surface area contributed by atoms with Crippen LogP contribution in [0.25, 0.3) is 0 Å². The lowest BCUT2D eigenvalue weighted by molar-refractivity contribution is -0.132. The molecule has 1 aromatic heterocycles. The molecule has 6 nitrogen and oxygen atoms in total. The third-order valence-electron chi connectivity index (χ3n) is 3.87. The minimum absolute atomic E-state index is 0.103. The van der Waals surface area contributed by atoms with Crippen LogP contribution in [0.1, 0.15) is 17.7 Å². The van der Waals surface area contributed by atoms with Gasteiger partial charge in [-0.25, -0.2) is 9.69 Å². The van der Waals surface area contributed by atoms with E-state index in [9.17, 15) is 14.4 Å². The number of nitrogens with zero attached hydrogens (tertiary/aromatic N) is 2. The van der Waals surface area contributed by atoms with E-state index in [0.29, 0.717) is 32.4 Å². The molecule has 112 valence electrons. The average Bonchev–Trinajstić information content (AvgIpc) is 3.09. The van der Waals surface area contributed by atoms with E-state index in [0.717, 1.165) is 4.88 Å². The Morgan fingerprint density at radius 1 is 1.33 bits per heavy atom. The number of carbonyl (C=O) groups excluding carboxylic acids is 3. The van der Waals surface area contributed by atoms with Crippen molar-refractivity contribution in [3.63, 3.8) is 0 Å². The van der Waals surface area contributed by atoms with Crippen molar-refractivity contribution >= 4 is 29.2 Å². The van der Waals surface area contributed by atoms with Crippen molar-refractivity contribution in [2.45, 2.75) is 25.3 Å². The standard InChI is InChI=1S/C14H16N2O4S/c17-12(8-11-2-1-7-21-11)15-5-3-10(4-6-15)16-13(18)9-20-14(16)19/h1-2,7,10H,3-6,8-9H2. The molecule has 21 heavy (non-hydrogen) atoms. The summed E-state index contributed by atoms with van der Waals surface area (Å²) in [7, 11) is 0. The van der Waals surface area contributed by atoms with Gasteiger partial charge in [-0.2, -0.15) is 0 Å². The highest BCUT2D eigenvalue weighted by molar-refractivity contribution is 7.10. The molecule has 3 heterocycles. The maximum absolute atomic E-state index is 12.2. The molecule has 0 N–H and O–H groups in total. The zero-order valence-corrected chi connectivity index (χ0v) is 12.3. The number of ether oxygens (including phenoxy) is 1. The summed E-state index contributed by atoms with van der Waals surface area (Å²) < 4.78 is 4.73. The molecular formula is C14H16N2O4S. The molecule has 0 radical (unpaired) electrons. The van der Waals surface area contributed by atoms with Gasteiger partial charge in [0, 0.05) is 24.0 Å². The maximum Gasteiger partial charge on any atom is 0.417 e. The Morgan fingerprint density at radius 3 is 2.67 bits per heavy atom. The minimum atomic E-state index is -0.552. The number of thiophene rings is 1. The van der Waals surface area contributed by atoms with Crippen molar-refractivity contribution in [1.29, 1.82) is 0 Å². The molecule has 2 saturated heterocycles. The van der Waals surface area contributed by atoms with E-state index < -0.39 is 6.09 Å². The van der Waals surface area contributed by atoms with Crippen molar-refractivity contribution in [2.75, 3.05) is 19.7 Å². The van der Waals surface area contributed by atoms with Gasteiger partial charge in [-0.3, -0.25) is 9.59 Å². The van der Waals surface area contributed by atoms with Crippen molar-refractivity contribution in [1.82, 2.24) is 9.80 Å². The maximum atomic E-state index is 12.2. The van der Waals surface area contributed by atoms with Crippen LogP contribution in [-0.4, -0.2) is 53.4 Å². The van der Waals surface area contributed by atoms with Gasteiger partial charge in [0.2, 0.25) is 5.91 Å². The summed E-state index contributed by atoms with van der Waals surface area (Å²) in [5.41, 5.74) is 0. The molecule has 2 aliphatic heterocycles. The van der Waals surface area contributed by atoms with E-state index in [-0.39, 0.29) is 24.5 Å². The third-order valence-corrected chi connectivity index (χ3v) is 4.75. The van der Waals surface area contributed by atoms with Gasteiger partial charge in [0.15, 0.2) is 6.61 Å². The quantitative estimate of drug-likeness (QED) is 0.843. The van der Waals surface area contributed by atoms with E-state index in [2.05, 4.69) is 0 Å². The Labute approximate surface area is 126 Å². The second-order valence-electron chi connectivity index (χ2n) is 5.19. The second-order valence-corrected chi connectivity index (χ2v) is 6.22. The normalized spacial score (nSPS) is 20.0. The van der Waals surface area contributed by atoms with E-state index >= 15 is 0 Å². The fraction of sp³-hybridized carbons (Fsp3) is 0.500. The van der Waals surface area contributed by atoms with E-state index in [1.165, 1.54) is 4.90 Å². The Morgan fingerprint density at radius 2 is 2.10 bits per heavy atom. The lowest BCUT2D eigenvalue weighted by Gasteiger charge is -2.34. The zero-order chi connectivity index (χ0) is 14.8. The fourth-order valence-corrected chi connectivity index (χ4v) is 3.46. The number of piperidine rings is 1. The summed E-state index contributed by atoms with van der Waals surface area (Å²) in [6, 6.07) is 3.75. The molecule has 2 aliphatic rings. The first kappa shape index (κ1) is 14.1. The Balaban J connectivity index is 1.54. The number of hydrogen-bond donors (Lipinski definition) is 0. The van der Waals surface area contributed by atoms with Gasteiger partial charge in [-0.1, -0.05) is 6.07 Å². The predicted molar refractivity (Wildman–Crippen MR) is 75.8 cm³/mol. The Bertz CT molecular complexity index is 533. The highest BCUT2D eigenvalue weighted by Gasteiger charge is 2.38. The number of imide groups is 1. The van der Waals surface area contributed by atoms with Crippen LogP contribution in [0.2, 0.25) is 0 Å². The SMILES string of the molecule is O=C(Cc1cccs1)N1CCC(N2C(=O)COC2=O)CC1. The van der Waals surface area contributed by atoms with Gasteiger partial charge in [0.1, 0.15) is 0 Å². The van der Waals surface area contributed by atoms with E-state index in [4.69, 9.17) is 4.74 Å². The first-order chi connectivity index (χ1) is 10.1. The number of likely N-dealkylation sites (tertiary alicyclic amines) is 1. The van der Waals surface area contributed by atoms with Crippen molar-refractivity contribution in [3.05, 3.63) is 22.4 Å². The molecule has 2 fully saturated rings. The molecule has 0 aliphatic carbocycles. The van der Waals surface area contributed by atoms with Gasteiger partial charge in [0.25, 0.3) is 5.91 Å². The van der Waals surface area contributed by atoms with Gasteiger partial charge >= 0.3 is 6.09 Å². The minimum Gasteiger partial charge on any atom is -0.439 e. The molecule has 0 unspecified atom stereocenters. The molecular weight excluding hydrogens is 292 g/mol. The number of hydrogen-bond acceptors (Lipinski definition) is 5. The predicted octanol–water partition coefficient (Wildman–Crippen LogP) is 1.26. The Kier molecular flexibility index (Phi) is 3.92. The summed E-state index contributed by atoms with van der Waals surface area (Å²) in [5, 5.41) is 1.96. The second kappa shape index (κ2) is 5.85. The van der Waals surface area contributed by atoms with Crippen molar-refractivity contribution in [2.24, 2.45) is 0 Å². The average molecular weight is 308 g/mol. The van der Waals surface area contributed by atoms with Gasteiger partial charge < -0.3 is 9.64 Å². The summed E-state index contributed by atoms with van der Waals surface area (Å²) >= 11 is 1.58. The van der Waals surface area contributed by atoms with Gasteiger partial charge in [-0.05, 0) is 24.3 Å². The summed E-state index contributed by atoms with van der Waals surface area (Å²) in [6.45, 7) is 0.994. The molecule has 7 heteroatoms. The zero-order valence-electron chi connectivity index (χ0n) is 11.5. The summed E-state index contributed by atoms with van der Waals surface area (Å²) in [5.74, 6) is -0.172. The lowest BCUT2D eigenvalue weighted by atomic mass is 10.0. The third kappa shape index (κ3) is 2.92. The molecule has 0 aromatic carbocycles. The summed E-state index contributed by atoms with van der Waals surface area (Å²) in [6.07, 6.45) is 1.12. The molecule has 0 bridgehead atoms. The lowest BCUT2D eigenvalue weighted by Crippen LogP contribution is -2.48.